The zero-order valence-corrected chi connectivity index (χ0v) is 16.6. The summed E-state index contributed by atoms with van der Waals surface area (Å²) in [6.45, 7) is 2.32. The molecule has 0 saturated carbocycles. The first-order valence-corrected chi connectivity index (χ1v) is 9.71. The SMILES string of the molecule is Cc1ccc2c(c1)NC(=O)C(CC(=O)Nc1cccc(COc3ccccc3)c1)O2. The van der Waals surface area contributed by atoms with Gasteiger partial charge in [0.2, 0.25) is 5.91 Å². The number of aryl methyl sites for hydroxylation is 1. The maximum atomic E-state index is 12.5. The highest BCUT2D eigenvalue weighted by atomic mass is 16.5. The van der Waals surface area contributed by atoms with Crippen molar-refractivity contribution in [3.63, 3.8) is 0 Å². The van der Waals surface area contributed by atoms with Crippen molar-refractivity contribution in [1.29, 1.82) is 0 Å². The molecule has 0 bridgehead atoms. The van der Waals surface area contributed by atoms with Crippen LogP contribution in [0.3, 0.4) is 0 Å². The van der Waals surface area contributed by atoms with E-state index in [-0.39, 0.29) is 18.2 Å². The van der Waals surface area contributed by atoms with Gasteiger partial charge in [-0.2, -0.15) is 0 Å². The molecular formula is C24H22N2O4. The third-order valence-corrected chi connectivity index (χ3v) is 4.68. The largest absolute Gasteiger partial charge is 0.489 e. The normalized spacial score (nSPS) is 14.8. The summed E-state index contributed by atoms with van der Waals surface area (Å²) >= 11 is 0. The first kappa shape index (κ1) is 19.5. The van der Waals surface area contributed by atoms with E-state index >= 15 is 0 Å². The van der Waals surface area contributed by atoms with Crippen LogP contribution < -0.4 is 20.1 Å². The molecule has 0 spiro atoms. The molecule has 0 fully saturated rings. The molecule has 2 N–H and O–H groups in total. The summed E-state index contributed by atoms with van der Waals surface area (Å²) in [6, 6.07) is 22.5. The van der Waals surface area contributed by atoms with Crippen LogP contribution in [0.2, 0.25) is 0 Å². The number of fused-ring (bicyclic) bond motifs is 1. The number of nitrogens with one attached hydrogen (secondary N) is 2. The Labute approximate surface area is 174 Å². The van der Waals surface area contributed by atoms with Gasteiger partial charge in [-0.1, -0.05) is 36.4 Å². The highest BCUT2D eigenvalue weighted by molar-refractivity contribution is 6.02. The predicted octanol–water partition coefficient (Wildman–Crippen LogP) is 4.30. The number of benzene rings is 3. The lowest BCUT2D eigenvalue weighted by Gasteiger charge is -2.25. The van der Waals surface area contributed by atoms with E-state index in [9.17, 15) is 9.59 Å². The molecule has 152 valence electrons. The second kappa shape index (κ2) is 8.69. The number of amides is 2. The minimum absolute atomic E-state index is 0.0795. The van der Waals surface area contributed by atoms with Crippen LogP contribution in [0.4, 0.5) is 11.4 Å². The molecule has 0 aliphatic carbocycles. The topological polar surface area (TPSA) is 76.7 Å². The van der Waals surface area contributed by atoms with Gasteiger partial charge in [0, 0.05) is 5.69 Å². The molecule has 4 rings (SSSR count). The average molecular weight is 402 g/mol. The van der Waals surface area contributed by atoms with Gasteiger partial charge in [-0.05, 0) is 54.4 Å². The van der Waals surface area contributed by atoms with Crippen LogP contribution in [0.25, 0.3) is 0 Å². The Morgan fingerprint density at radius 1 is 1.07 bits per heavy atom. The summed E-state index contributed by atoms with van der Waals surface area (Å²) in [4.78, 5) is 24.8. The molecule has 0 radical (unpaired) electrons. The number of carbonyl (C=O) groups is 2. The molecule has 1 aliphatic heterocycles. The second-order valence-electron chi connectivity index (χ2n) is 7.15. The van der Waals surface area contributed by atoms with E-state index in [1.54, 1.807) is 12.1 Å². The fourth-order valence-electron chi connectivity index (χ4n) is 3.20. The Balaban J connectivity index is 1.35. The van der Waals surface area contributed by atoms with Crippen molar-refractivity contribution in [2.45, 2.75) is 26.1 Å². The number of carbonyl (C=O) groups excluding carboxylic acids is 2. The van der Waals surface area contributed by atoms with E-state index in [1.165, 1.54) is 0 Å². The smallest absolute Gasteiger partial charge is 0.266 e. The zero-order chi connectivity index (χ0) is 20.9. The number of hydrogen-bond acceptors (Lipinski definition) is 4. The molecule has 3 aromatic carbocycles. The summed E-state index contributed by atoms with van der Waals surface area (Å²) in [5, 5.41) is 5.63. The number of ether oxygens (including phenoxy) is 2. The Morgan fingerprint density at radius 2 is 1.90 bits per heavy atom. The van der Waals surface area contributed by atoms with Crippen LogP contribution in [0.15, 0.2) is 72.8 Å². The third-order valence-electron chi connectivity index (χ3n) is 4.68. The molecule has 1 heterocycles. The highest BCUT2D eigenvalue weighted by Crippen LogP contribution is 2.31. The first-order valence-electron chi connectivity index (χ1n) is 9.71. The van der Waals surface area contributed by atoms with Crippen molar-refractivity contribution < 1.29 is 19.1 Å². The molecular weight excluding hydrogens is 380 g/mol. The van der Waals surface area contributed by atoms with Gasteiger partial charge in [-0.25, -0.2) is 0 Å². The summed E-state index contributed by atoms with van der Waals surface area (Å²) in [5.41, 5.74) is 3.21. The number of anilines is 2. The summed E-state index contributed by atoms with van der Waals surface area (Å²) in [5.74, 6) is 0.723. The maximum absolute atomic E-state index is 12.5. The Bertz CT molecular complexity index is 1070. The van der Waals surface area contributed by atoms with Gasteiger partial charge < -0.3 is 20.1 Å². The minimum Gasteiger partial charge on any atom is -0.489 e. The molecule has 3 aromatic rings. The average Bonchev–Trinajstić information content (AvgIpc) is 2.74. The van der Waals surface area contributed by atoms with Crippen molar-refractivity contribution in [3.05, 3.63) is 83.9 Å². The lowest BCUT2D eigenvalue weighted by atomic mass is 10.1. The van der Waals surface area contributed by atoms with Crippen molar-refractivity contribution in [1.82, 2.24) is 0 Å². The van der Waals surface area contributed by atoms with E-state index in [0.29, 0.717) is 23.7 Å². The Hall–Kier alpha value is -3.80. The molecule has 1 aliphatic rings. The van der Waals surface area contributed by atoms with Gasteiger partial charge in [0.1, 0.15) is 18.1 Å². The van der Waals surface area contributed by atoms with Crippen LogP contribution in [0.5, 0.6) is 11.5 Å². The monoisotopic (exact) mass is 402 g/mol. The molecule has 6 nitrogen and oxygen atoms in total. The summed E-state index contributed by atoms with van der Waals surface area (Å²) in [7, 11) is 0. The van der Waals surface area contributed by atoms with Gasteiger partial charge in [0.15, 0.2) is 6.10 Å². The van der Waals surface area contributed by atoms with E-state index in [1.807, 2.05) is 67.6 Å². The van der Waals surface area contributed by atoms with Gasteiger partial charge in [0.25, 0.3) is 5.91 Å². The van der Waals surface area contributed by atoms with Gasteiger partial charge in [0.05, 0.1) is 12.1 Å². The molecule has 0 saturated heterocycles. The maximum Gasteiger partial charge on any atom is 0.266 e. The summed E-state index contributed by atoms with van der Waals surface area (Å²) in [6.07, 6.45) is -0.950. The van der Waals surface area contributed by atoms with E-state index in [4.69, 9.17) is 9.47 Å². The lowest BCUT2D eigenvalue weighted by Crippen LogP contribution is -2.39. The van der Waals surface area contributed by atoms with Crippen LogP contribution in [-0.2, 0) is 16.2 Å². The second-order valence-corrected chi connectivity index (χ2v) is 7.15. The van der Waals surface area contributed by atoms with Gasteiger partial charge >= 0.3 is 0 Å². The molecule has 6 heteroatoms. The Morgan fingerprint density at radius 3 is 2.73 bits per heavy atom. The van der Waals surface area contributed by atoms with Crippen LogP contribution >= 0.6 is 0 Å². The van der Waals surface area contributed by atoms with Crippen LogP contribution in [0, 0.1) is 6.92 Å². The number of rotatable bonds is 6. The van der Waals surface area contributed by atoms with Crippen molar-refractivity contribution >= 4 is 23.2 Å². The third kappa shape index (κ3) is 4.78. The standard InChI is InChI=1S/C24H22N2O4/c1-16-10-11-21-20(12-16)26-24(28)22(30-21)14-23(27)25-18-7-5-6-17(13-18)15-29-19-8-3-2-4-9-19/h2-13,22H,14-15H2,1H3,(H,25,27)(H,26,28). The molecule has 0 aromatic heterocycles. The van der Waals surface area contributed by atoms with Gasteiger partial charge in [-0.15, -0.1) is 0 Å². The first-order chi connectivity index (χ1) is 14.6. The Kier molecular flexibility index (Phi) is 5.66. The van der Waals surface area contributed by atoms with Crippen LogP contribution in [0.1, 0.15) is 17.5 Å². The van der Waals surface area contributed by atoms with E-state index < -0.39 is 6.10 Å². The molecule has 1 atom stereocenters. The van der Waals surface area contributed by atoms with E-state index in [2.05, 4.69) is 10.6 Å². The highest BCUT2D eigenvalue weighted by Gasteiger charge is 2.29. The molecule has 1 unspecified atom stereocenters. The van der Waals surface area contributed by atoms with Crippen molar-refractivity contribution in [3.8, 4) is 11.5 Å². The van der Waals surface area contributed by atoms with Crippen molar-refractivity contribution in [2.75, 3.05) is 10.6 Å². The van der Waals surface area contributed by atoms with E-state index in [0.717, 1.165) is 16.9 Å². The fourth-order valence-corrected chi connectivity index (χ4v) is 3.20. The lowest BCUT2D eigenvalue weighted by molar-refractivity contribution is -0.128. The van der Waals surface area contributed by atoms with Crippen LogP contribution in [-0.4, -0.2) is 17.9 Å². The zero-order valence-electron chi connectivity index (χ0n) is 16.6. The van der Waals surface area contributed by atoms with Crippen molar-refractivity contribution in [2.24, 2.45) is 0 Å². The number of para-hydroxylation sites is 1. The van der Waals surface area contributed by atoms with Gasteiger partial charge in [-0.3, -0.25) is 9.59 Å². The quantitative estimate of drug-likeness (QED) is 0.644. The summed E-state index contributed by atoms with van der Waals surface area (Å²) < 4.78 is 11.5. The molecule has 30 heavy (non-hydrogen) atoms. The predicted molar refractivity (Wildman–Crippen MR) is 115 cm³/mol. The minimum atomic E-state index is -0.871. The number of hydrogen-bond donors (Lipinski definition) is 2. The molecule has 2 amide bonds. The fraction of sp³-hybridized carbons (Fsp3) is 0.167.